The van der Waals surface area contributed by atoms with Gasteiger partial charge in [-0.25, -0.2) is 0 Å². The van der Waals surface area contributed by atoms with Crippen molar-refractivity contribution in [2.75, 3.05) is 13.2 Å². The molecule has 0 aliphatic heterocycles. The molecule has 0 saturated heterocycles. The maximum atomic E-state index is 12.3. The Bertz CT molecular complexity index is 1210. The Morgan fingerprint density at radius 2 is 0.900 bits per heavy atom. The summed E-state index contributed by atoms with van der Waals surface area (Å²) in [6.07, 6.45) is 23.9. The Kier molecular flexibility index (Phi) is 22.9. The molecule has 1 atom stereocenters. The number of hydrogen-bond donors (Lipinski definition) is 1. The molecule has 0 aromatic carbocycles. The van der Waals surface area contributed by atoms with Crippen molar-refractivity contribution in [3.8, 4) is 0 Å². The first kappa shape index (κ1) is 43.6. The van der Waals surface area contributed by atoms with Crippen LogP contribution < -0.4 is 0 Å². The smallest absolute Gasteiger partial charge is 0.306 e. The molecular formula is C43H72O7. The number of ether oxygens (including phenoxy) is 2. The molecule has 2 rings (SSSR count). The van der Waals surface area contributed by atoms with E-state index in [4.69, 9.17) is 18.3 Å². The summed E-state index contributed by atoms with van der Waals surface area (Å²) < 4.78 is 23.0. The lowest BCUT2D eigenvalue weighted by Crippen LogP contribution is -2.28. The fourth-order valence-corrected chi connectivity index (χ4v) is 6.66. The first-order valence-electron chi connectivity index (χ1n) is 20.3. The number of aliphatic hydroxyl groups is 1. The number of hydrogen-bond acceptors (Lipinski definition) is 7. The molecule has 7 nitrogen and oxygen atoms in total. The van der Waals surface area contributed by atoms with Crippen LogP contribution in [0.15, 0.2) is 8.83 Å². The summed E-state index contributed by atoms with van der Waals surface area (Å²) in [4.78, 5) is 24.5. The summed E-state index contributed by atoms with van der Waals surface area (Å²) in [5, 5.41) is 9.62. The monoisotopic (exact) mass is 701 g/mol. The van der Waals surface area contributed by atoms with E-state index in [-0.39, 0.29) is 25.2 Å². The van der Waals surface area contributed by atoms with Gasteiger partial charge in [-0.1, -0.05) is 90.9 Å². The minimum atomic E-state index is -0.800. The van der Waals surface area contributed by atoms with E-state index in [1.165, 1.54) is 85.1 Å². The van der Waals surface area contributed by atoms with Crippen LogP contribution in [0.25, 0.3) is 0 Å². The van der Waals surface area contributed by atoms with E-state index >= 15 is 0 Å². The van der Waals surface area contributed by atoms with E-state index in [1.807, 2.05) is 0 Å². The highest BCUT2D eigenvalue weighted by Gasteiger charge is 2.17. The van der Waals surface area contributed by atoms with Gasteiger partial charge in [-0.05, 0) is 88.5 Å². The molecule has 2 heterocycles. The van der Waals surface area contributed by atoms with Crippen LogP contribution in [0.5, 0.6) is 0 Å². The van der Waals surface area contributed by atoms with Gasteiger partial charge in [0, 0.05) is 38.5 Å². The number of furan rings is 2. The highest BCUT2D eigenvalue weighted by molar-refractivity contribution is 5.70. The molecular weight excluding hydrogens is 628 g/mol. The van der Waals surface area contributed by atoms with E-state index in [2.05, 4.69) is 41.5 Å². The highest BCUT2D eigenvalue weighted by atomic mass is 16.6. The summed E-state index contributed by atoms with van der Waals surface area (Å²) in [5.41, 5.74) is 5.32. The summed E-state index contributed by atoms with van der Waals surface area (Å²) in [6.45, 7) is 12.7. The van der Waals surface area contributed by atoms with Crippen LogP contribution in [-0.2, 0) is 44.7 Å². The number of rotatable bonds is 30. The topological polar surface area (TPSA) is 99.1 Å². The third-order valence-electron chi connectivity index (χ3n) is 10.3. The Morgan fingerprint density at radius 3 is 1.32 bits per heavy atom. The Balaban J connectivity index is 1.42. The number of aryl methyl sites for hydroxylation is 4. The molecule has 0 aliphatic rings. The number of carbonyl (C=O) groups excluding carboxylic acids is 2. The van der Waals surface area contributed by atoms with Crippen LogP contribution >= 0.6 is 0 Å². The molecule has 0 amide bonds. The SMILES string of the molecule is CCCCCc1oc(CCCCCCCCC(=O)O[C@@H](CO)COC(=O)CCCCCCCCCCc2oc(CCC)c(C)c2C)c(C)c1C. The largest absolute Gasteiger partial charge is 0.466 e. The average Bonchev–Trinajstić information content (AvgIpc) is 3.53. The van der Waals surface area contributed by atoms with Crippen molar-refractivity contribution in [1.82, 2.24) is 0 Å². The minimum Gasteiger partial charge on any atom is -0.466 e. The van der Waals surface area contributed by atoms with Crippen molar-refractivity contribution in [3.05, 3.63) is 45.3 Å². The lowest BCUT2D eigenvalue weighted by molar-refractivity contribution is -0.161. The van der Waals surface area contributed by atoms with Crippen molar-refractivity contribution in [1.29, 1.82) is 0 Å². The van der Waals surface area contributed by atoms with E-state index in [0.717, 1.165) is 101 Å². The van der Waals surface area contributed by atoms with Gasteiger partial charge in [0.1, 0.15) is 29.6 Å². The van der Waals surface area contributed by atoms with Gasteiger partial charge >= 0.3 is 11.9 Å². The number of unbranched alkanes of at least 4 members (excludes halogenated alkanes) is 14. The first-order valence-corrected chi connectivity index (χ1v) is 20.3. The van der Waals surface area contributed by atoms with Crippen molar-refractivity contribution < 1.29 is 33.0 Å². The van der Waals surface area contributed by atoms with E-state index < -0.39 is 6.10 Å². The fraction of sp³-hybridized carbons (Fsp3) is 0.767. The van der Waals surface area contributed by atoms with Crippen molar-refractivity contribution in [2.45, 2.75) is 202 Å². The molecule has 1 N–H and O–H groups in total. The maximum Gasteiger partial charge on any atom is 0.306 e. The second-order valence-electron chi connectivity index (χ2n) is 14.5. The summed E-state index contributed by atoms with van der Waals surface area (Å²) in [7, 11) is 0. The Morgan fingerprint density at radius 1 is 0.520 bits per heavy atom. The molecule has 0 radical (unpaired) electrons. The van der Waals surface area contributed by atoms with Crippen LogP contribution in [0.4, 0.5) is 0 Å². The standard InChI is InChI=1S/C43H72O7/c1-7-9-20-26-39-35(5)36(6)41(50-39)28-22-17-14-15-19-24-30-43(46)48-37(31-44)32-47-42(45)29-23-18-13-11-10-12-16-21-27-40-34(4)33(3)38(49-40)25-8-2/h37,44H,7-32H2,1-6H3/t37-/m0/s1. The van der Waals surface area contributed by atoms with Gasteiger partial charge in [0.25, 0.3) is 0 Å². The van der Waals surface area contributed by atoms with Crippen LogP contribution in [0.1, 0.15) is 188 Å². The van der Waals surface area contributed by atoms with Gasteiger partial charge in [-0.3, -0.25) is 9.59 Å². The zero-order valence-electron chi connectivity index (χ0n) is 32.9. The second kappa shape index (κ2) is 26.3. The molecule has 2 aromatic rings. The van der Waals surface area contributed by atoms with E-state index in [0.29, 0.717) is 12.8 Å². The summed E-state index contributed by atoms with van der Waals surface area (Å²) in [6, 6.07) is 0. The Labute approximate surface area is 304 Å². The zero-order chi connectivity index (χ0) is 36.6. The first-order chi connectivity index (χ1) is 24.2. The predicted molar refractivity (Wildman–Crippen MR) is 203 cm³/mol. The van der Waals surface area contributed by atoms with Crippen LogP contribution in [0.2, 0.25) is 0 Å². The van der Waals surface area contributed by atoms with E-state index in [9.17, 15) is 14.7 Å². The molecule has 0 saturated carbocycles. The third kappa shape index (κ3) is 17.1. The summed E-state index contributed by atoms with van der Waals surface area (Å²) >= 11 is 0. The van der Waals surface area contributed by atoms with Crippen molar-refractivity contribution >= 4 is 11.9 Å². The normalized spacial score (nSPS) is 12.1. The summed E-state index contributed by atoms with van der Waals surface area (Å²) in [5.74, 6) is 4.03. The molecule has 0 fully saturated rings. The van der Waals surface area contributed by atoms with Gasteiger partial charge in [0.15, 0.2) is 6.10 Å². The molecule has 50 heavy (non-hydrogen) atoms. The molecule has 0 aliphatic carbocycles. The molecule has 286 valence electrons. The van der Waals surface area contributed by atoms with Crippen LogP contribution in [0.3, 0.4) is 0 Å². The second-order valence-corrected chi connectivity index (χ2v) is 14.5. The number of carbonyl (C=O) groups is 2. The molecule has 2 aromatic heterocycles. The third-order valence-corrected chi connectivity index (χ3v) is 10.3. The predicted octanol–water partition coefficient (Wildman–Crippen LogP) is 11.3. The molecule has 0 unspecified atom stereocenters. The van der Waals surface area contributed by atoms with Crippen molar-refractivity contribution in [2.24, 2.45) is 0 Å². The lowest BCUT2D eigenvalue weighted by atomic mass is 10.0. The lowest BCUT2D eigenvalue weighted by Gasteiger charge is -2.15. The fourth-order valence-electron chi connectivity index (χ4n) is 6.66. The van der Waals surface area contributed by atoms with Gasteiger partial charge in [0.2, 0.25) is 0 Å². The number of aliphatic hydroxyl groups excluding tert-OH is 1. The molecule has 0 spiro atoms. The average molecular weight is 701 g/mol. The maximum absolute atomic E-state index is 12.3. The Hall–Kier alpha value is -2.54. The molecule has 7 heteroatoms. The zero-order valence-corrected chi connectivity index (χ0v) is 32.9. The van der Waals surface area contributed by atoms with Crippen LogP contribution in [0, 0.1) is 27.7 Å². The quantitative estimate of drug-likeness (QED) is 0.0639. The molecule has 0 bridgehead atoms. The van der Waals surface area contributed by atoms with E-state index in [1.54, 1.807) is 0 Å². The van der Waals surface area contributed by atoms with Crippen molar-refractivity contribution in [3.63, 3.8) is 0 Å². The highest BCUT2D eigenvalue weighted by Crippen LogP contribution is 2.26. The number of esters is 2. The van der Waals surface area contributed by atoms with Gasteiger partial charge in [0.05, 0.1) is 6.61 Å². The van der Waals surface area contributed by atoms with Crippen LogP contribution in [-0.4, -0.2) is 36.4 Å². The van der Waals surface area contributed by atoms with Gasteiger partial charge in [-0.15, -0.1) is 0 Å². The van der Waals surface area contributed by atoms with Gasteiger partial charge in [-0.2, -0.15) is 0 Å². The minimum absolute atomic E-state index is 0.0903. The van der Waals surface area contributed by atoms with Gasteiger partial charge < -0.3 is 23.4 Å².